The molecule has 0 aromatic heterocycles. The molecular weight excluding hydrogens is 214 g/mol. The Morgan fingerprint density at radius 3 is 2.29 bits per heavy atom. The highest BCUT2D eigenvalue weighted by Gasteiger charge is 1.99. The van der Waals surface area contributed by atoms with Crippen LogP contribution in [0.1, 0.15) is 11.1 Å². The number of hydrogen-bond acceptors (Lipinski definition) is 2. The molecule has 86 valence electrons. The van der Waals surface area contributed by atoms with Gasteiger partial charge in [-0.25, -0.2) is 4.74 Å². The molecule has 0 amide bonds. The van der Waals surface area contributed by atoms with Gasteiger partial charge in [0.1, 0.15) is 5.75 Å². The first-order valence-corrected chi connectivity index (χ1v) is 5.35. The lowest BCUT2D eigenvalue weighted by atomic mass is 10.2. The quantitative estimate of drug-likeness (QED) is 0.379. The summed E-state index contributed by atoms with van der Waals surface area (Å²) in [5.74, 6) is 0.207. The predicted molar refractivity (Wildman–Crippen MR) is 67.0 cm³/mol. The summed E-state index contributed by atoms with van der Waals surface area (Å²) in [6, 6.07) is 16.1. The Morgan fingerprint density at radius 2 is 1.65 bits per heavy atom. The average Bonchev–Trinajstić information content (AvgIpc) is 2.33. The van der Waals surface area contributed by atoms with E-state index in [0.29, 0.717) is 0 Å². The summed E-state index contributed by atoms with van der Waals surface area (Å²) >= 11 is 0. The van der Waals surface area contributed by atoms with Crippen molar-refractivity contribution >= 4 is 6.21 Å². The molecule has 3 heteroatoms. The zero-order valence-electron chi connectivity index (χ0n) is 9.28. The van der Waals surface area contributed by atoms with Gasteiger partial charge >= 0.3 is 0 Å². The predicted octanol–water partition coefficient (Wildman–Crippen LogP) is 2.52. The van der Waals surface area contributed by atoms with E-state index < -0.39 is 0 Å². The molecule has 0 saturated carbocycles. The minimum atomic E-state index is 0.207. The number of benzene rings is 2. The molecule has 17 heavy (non-hydrogen) atoms. The molecule has 2 aromatic rings. The molecule has 0 aliphatic heterocycles. The van der Waals surface area contributed by atoms with Crippen LogP contribution in [0.4, 0.5) is 0 Å². The number of phenols is 1. The number of aromatic hydroxyl groups is 1. The second kappa shape index (κ2) is 5.16. The normalized spacial score (nSPS) is 11.4. The number of rotatable bonds is 3. The van der Waals surface area contributed by atoms with Gasteiger partial charge in [0.2, 0.25) is 0 Å². The van der Waals surface area contributed by atoms with Crippen molar-refractivity contribution in [2.45, 2.75) is 6.54 Å². The molecule has 0 bridgehead atoms. The Balaban J connectivity index is 2.09. The van der Waals surface area contributed by atoms with Gasteiger partial charge in [0.15, 0.2) is 12.8 Å². The van der Waals surface area contributed by atoms with E-state index in [1.54, 1.807) is 30.5 Å². The van der Waals surface area contributed by atoms with E-state index in [1.807, 2.05) is 30.3 Å². The highest BCUT2D eigenvalue weighted by atomic mass is 16.5. The molecule has 0 atom stereocenters. The third-order valence-electron chi connectivity index (χ3n) is 2.37. The minimum Gasteiger partial charge on any atom is -0.624 e. The molecule has 1 N–H and O–H groups in total. The first kappa shape index (κ1) is 11.2. The molecule has 0 fully saturated rings. The molecule has 0 aliphatic carbocycles. The maximum atomic E-state index is 11.7. The Labute approximate surface area is 99.9 Å². The highest BCUT2D eigenvalue weighted by Crippen LogP contribution is 2.10. The third-order valence-corrected chi connectivity index (χ3v) is 2.37. The van der Waals surface area contributed by atoms with Crippen LogP contribution in [0.3, 0.4) is 0 Å². The van der Waals surface area contributed by atoms with Crippen LogP contribution in [-0.2, 0) is 6.54 Å². The Bertz CT molecular complexity index is 504. The first-order valence-electron chi connectivity index (χ1n) is 5.35. The number of phenolic OH excluding ortho intramolecular Hbond substituents is 1. The maximum Gasteiger partial charge on any atom is 0.182 e. The summed E-state index contributed by atoms with van der Waals surface area (Å²) < 4.78 is 0.877. The van der Waals surface area contributed by atoms with Crippen molar-refractivity contribution < 1.29 is 9.85 Å². The number of hydrogen-bond donors (Lipinski definition) is 1. The summed E-state index contributed by atoms with van der Waals surface area (Å²) in [6.45, 7) is 0.273. The fraction of sp³-hybridized carbons (Fsp3) is 0.0714. The first-order chi connectivity index (χ1) is 8.24. The smallest absolute Gasteiger partial charge is 0.182 e. The van der Waals surface area contributed by atoms with Crippen LogP contribution in [0.15, 0.2) is 54.6 Å². The van der Waals surface area contributed by atoms with Gasteiger partial charge in [-0.1, -0.05) is 18.2 Å². The molecule has 0 spiro atoms. The van der Waals surface area contributed by atoms with Crippen molar-refractivity contribution in [3.05, 3.63) is 70.9 Å². The van der Waals surface area contributed by atoms with E-state index >= 15 is 0 Å². The van der Waals surface area contributed by atoms with Gasteiger partial charge in [-0.15, -0.1) is 0 Å². The molecule has 0 unspecified atom stereocenters. The SMILES string of the molecule is [O-]/[N+](=C/c1ccccc1)Cc1ccc(O)cc1. The van der Waals surface area contributed by atoms with Crippen molar-refractivity contribution in [3.63, 3.8) is 0 Å². The van der Waals surface area contributed by atoms with E-state index in [1.165, 1.54) is 0 Å². The van der Waals surface area contributed by atoms with Gasteiger partial charge in [-0.3, -0.25) is 0 Å². The zero-order valence-corrected chi connectivity index (χ0v) is 9.28. The van der Waals surface area contributed by atoms with E-state index in [4.69, 9.17) is 5.11 Å². The standard InChI is InChI=1S/C14H13NO2/c16-14-8-6-13(7-9-14)11-15(17)10-12-4-2-1-3-5-12/h1-10,16H,11H2/b15-10+. The molecule has 2 rings (SSSR count). The van der Waals surface area contributed by atoms with Crippen LogP contribution < -0.4 is 0 Å². The summed E-state index contributed by atoms with van der Waals surface area (Å²) in [6.07, 6.45) is 1.55. The van der Waals surface area contributed by atoms with E-state index in [9.17, 15) is 5.21 Å². The number of hydroxylamine groups is 1. The summed E-state index contributed by atoms with van der Waals surface area (Å²) in [5, 5.41) is 20.8. The lowest BCUT2D eigenvalue weighted by molar-refractivity contribution is -0.469. The van der Waals surface area contributed by atoms with Crippen LogP contribution in [0.25, 0.3) is 0 Å². The van der Waals surface area contributed by atoms with Gasteiger partial charge in [-0.2, -0.15) is 0 Å². The Morgan fingerprint density at radius 1 is 1.00 bits per heavy atom. The molecule has 0 heterocycles. The van der Waals surface area contributed by atoms with Crippen LogP contribution in [0, 0.1) is 5.21 Å². The summed E-state index contributed by atoms with van der Waals surface area (Å²) in [5.41, 5.74) is 1.74. The Hall–Kier alpha value is -2.29. The molecule has 2 aromatic carbocycles. The number of nitrogens with zero attached hydrogens (tertiary/aromatic N) is 1. The van der Waals surface area contributed by atoms with Crippen LogP contribution in [0.2, 0.25) is 0 Å². The maximum absolute atomic E-state index is 11.7. The lowest BCUT2D eigenvalue weighted by Gasteiger charge is -2.04. The third kappa shape index (κ3) is 3.34. The Kier molecular flexibility index (Phi) is 3.40. The summed E-state index contributed by atoms with van der Waals surface area (Å²) in [4.78, 5) is 0. The van der Waals surface area contributed by atoms with Crippen molar-refractivity contribution in [1.29, 1.82) is 0 Å². The fourth-order valence-electron chi connectivity index (χ4n) is 1.53. The average molecular weight is 227 g/mol. The summed E-state index contributed by atoms with van der Waals surface area (Å²) in [7, 11) is 0. The highest BCUT2D eigenvalue weighted by molar-refractivity contribution is 5.75. The van der Waals surface area contributed by atoms with Gasteiger partial charge in [-0.05, 0) is 36.4 Å². The largest absolute Gasteiger partial charge is 0.624 e. The van der Waals surface area contributed by atoms with Crippen molar-refractivity contribution in [3.8, 4) is 5.75 Å². The van der Waals surface area contributed by atoms with Crippen LogP contribution >= 0.6 is 0 Å². The van der Waals surface area contributed by atoms with E-state index in [-0.39, 0.29) is 12.3 Å². The van der Waals surface area contributed by atoms with Gasteiger partial charge in [0.05, 0.1) is 0 Å². The van der Waals surface area contributed by atoms with Crippen molar-refractivity contribution in [1.82, 2.24) is 0 Å². The molecule has 0 radical (unpaired) electrons. The van der Waals surface area contributed by atoms with E-state index in [2.05, 4.69) is 0 Å². The second-order valence-electron chi connectivity index (χ2n) is 3.78. The topological polar surface area (TPSA) is 46.3 Å². The fourth-order valence-corrected chi connectivity index (χ4v) is 1.53. The molecular formula is C14H13NO2. The lowest BCUT2D eigenvalue weighted by Crippen LogP contribution is -2.05. The van der Waals surface area contributed by atoms with Crippen LogP contribution in [0.5, 0.6) is 5.75 Å². The monoisotopic (exact) mass is 227 g/mol. The van der Waals surface area contributed by atoms with Crippen molar-refractivity contribution in [2.75, 3.05) is 0 Å². The minimum absolute atomic E-state index is 0.207. The van der Waals surface area contributed by atoms with Crippen LogP contribution in [-0.4, -0.2) is 16.1 Å². The van der Waals surface area contributed by atoms with Gasteiger partial charge in [0, 0.05) is 11.1 Å². The molecule has 0 saturated heterocycles. The van der Waals surface area contributed by atoms with Crippen molar-refractivity contribution in [2.24, 2.45) is 0 Å². The van der Waals surface area contributed by atoms with Gasteiger partial charge < -0.3 is 10.3 Å². The molecule has 3 nitrogen and oxygen atoms in total. The zero-order chi connectivity index (χ0) is 12.1. The van der Waals surface area contributed by atoms with Gasteiger partial charge in [0.25, 0.3) is 0 Å². The molecule has 0 aliphatic rings. The van der Waals surface area contributed by atoms with E-state index in [0.717, 1.165) is 15.9 Å². The second-order valence-corrected chi connectivity index (χ2v) is 3.78.